The van der Waals surface area contributed by atoms with Gasteiger partial charge >= 0.3 is 0 Å². The van der Waals surface area contributed by atoms with Gasteiger partial charge in [0.2, 0.25) is 5.91 Å². The van der Waals surface area contributed by atoms with E-state index in [2.05, 4.69) is 5.32 Å². The monoisotopic (exact) mass is 472 g/mol. The van der Waals surface area contributed by atoms with Crippen LogP contribution in [0, 0.1) is 0 Å². The minimum Gasteiger partial charge on any atom is -0.483 e. The number of carbonyl (C=O) groups is 2. The van der Waals surface area contributed by atoms with E-state index in [1.807, 2.05) is 18.2 Å². The van der Waals surface area contributed by atoms with Crippen molar-refractivity contribution in [2.45, 2.75) is 5.37 Å². The van der Waals surface area contributed by atoms with Crippen molar-refractivity contribution < 1.29 is 14.3 Å². The zero-order valence-electron chi connectivity index (χ0n) is 16.3. The minimum absolute atomic E-state index is 0.0231. The molecule has 2 amide bonds. The Morgan fingerprint density at radius 2 is 1.74 bits per heavy atom. The number of hydrogen-bond acceptors (Lipinski definition) is 4. The third-order valence-electron chi connectivity index (χ3n) is 4.63. The first-order valence-corrected chi connectivity index (χ1v) is 11.3. The van der Waals surface area contributed by atoms with Gasteiger partial charge in [-0.2, -0.15) is 0 Å². The van der Waals surface area contributed by atoms with Gasteiger partial charge < -0.3 is 10.1 Å². The molecule has 5 nitrogen and oxygen atoms in total. The molecule has 0 saturated carbocycles. The fraction of sp³-hybridized carbons (Fsp3) is 0.130. The molecule has 1 N–H and O–H groups in total. The summed E-state index contributed by atoms with van der Waals surface area (Å²) in [5.41, 5.74) is 2.15. The van der Waals surface area contributed by atoms with Gasteiger partial charge in [-0.25, -0.2) is 0 Å². The standard InChI is InChI=1S/C23H18Cl2N2O3S/c24-15-6-9-18(10-7-15)27-22(29)14-31-23(27)19-12-16(25)8-11-20(19)30-13-21(28)26-17-4-2-1-3-5-17/h1-12,23H,13-14H2,(H,26,28)/t23-/m0/s1. The molecule has 0 radical (unpaired) electrons. The summed E-state index contributed by atoms with van der Waals surface area (Å²) in [6.45, 7) is -0.171. The van der Waals surface area contributed by atoms with Crippen LogP contribution in [0.15, 0.2) is 72.8 Å². The third-order valence-corrected chi connectivity index (χ3v) is 6.31. The Morgan fingerprint density at radius 1 is 1.03 bits per heavy atom. The number of para-hydroxylation sites is 1. The Bertz CT molecular complexity index is 1090. The lowest BCUT2D eigenvalue weighted by Crippen LogP contribution is -2.28. The number of amides is 2. The van der Waals surface area contributed by atoms with Crippen LogP contribution in [0.2, 0.25) is 10.0 Å². The molecule has 0 unspecified atom stereocenters. The highest BCUT2D eigenvalue weighted by atomic mass is 35.5. The quantitative estimate of drug-likeness (QED) is 0.493. The highest BCUT2D eigenvalue weighted by Crippen LogP contribution is 2.45. The average molecular weight is 473 g/mol. The molecule has 1 heterocycles. The first kappa shape index (κ1) is 21.6. The van der Waals surface area contributed by atoms with Gasteiger partial charge in [-0.3, -0.25) is 14.5 Å². The number of carbonyl (C=O) groups excluding carboxylic acids is 2. The van der Waals surface area contributed by atoms with Gasteiger partial charge in [0.25, 0.3) is 5.91 Å². The number of nitrogens with one attached hydrogen (secondary N) is 1. The maximum absolute atomic E-state index is 12.6. The molecular weight excluding hydrogens is 455 g/mol. The van der Waals surface area contributed by atoms with E-state index < -0.39 is 0 Å². The zero-order valence-corrected chi connectivity index (χ0v) is 18.6. The van der Waals surface area contributed by atoms with Crippen LogP contribution in [-0.4, -0.2) is 24.2 Å². The molecule has 1 aliphatic rings. The second kappa shape index (κ2) is 9.64. The van der Waals surface area contributed by atoms with Gasteiger partial charge in [0.1, 0.15) is 11.1 Å². The molecule has 3 aromatic carbocycles. The van der Waals surface area contributed by atoms with Crippen LogP contribution < -0.4 is 15.0 Å². The maximum Gasteiger partial charge on any atom is 0.262 e. The Balaban J connectivity index is 1.55. The topological polar surface area (TPSA) is 58.6 Å². The van der Waals surface area contributed by atoms with Crippen LogP contribution in [0.25, 0.3) is 0 Å². The van der Waals surface area contributed by atoms with Crippen molar-refractivity contribution in [2.75, 3.05) is 22.6 Å². The minimum atomic E-state index is -0.334. The normalized spacial score (nSPS) is 15.7. The molecule has 4 rings (SSSR count). The summed E-state index contributed by atoms with van der Waals surface area (Å²) in [7, 11) is 0. The summed E-state index contributed by atoms with van der Waals surface area (Å²) in [5, 5.41) is 3.57. The third kappa shape index (κ3) is 5.15. The lowest BCUT2D eigenvalue weighted by atomic mass is 10.1. The molecule has 0 aliphatic carbocycles. The molecule has 0 bridgehead atoms. The molecule has 0 spiro atoms. The fourth-order valence-electron chi connectivity index (χ4n) is 3.24. The van der Waals surface area contributed by atoms with Crippen molar-refractivity contribution in [2.24, 2.45) is 0 Å². The number of halogens is 2. The molecule has 1 saturated heterocycles. The largest absolute Gasteiger partial charge is 0.483 e. The number of ether oxygens (including phenoxy) is 1. The molecule has 8 heteroatoms. The van der Waals surface area contributed by atoms with Crippen LogP contribution in [0.1, 0.15) is 10.9 Å². The van der Waals surface area contributed by atoms with Crippen molar-refractivity contribution in [3.8, 4) is 5.75 Å². The van der Waals surface area contributed by atoms with E-state index >= 15 is 0 Å². The summed E-state index contributed by atoms with van der Waals surface area (Å²) >= 11 is 13.7. The number of benzene rings is 3. The fourth-order valence-corrected chi connectivity index (χ4v) is 4.74. The number of anilines is 2. The predicted molar refractivity (Wildman–Crippen MR) is 126 cm³/mol. The van der Waals surface area contributed by atoms with Gasteiger partial charge in [-0.15, -0.1) is 11.8 Å². The Labute approximate surface area is 194 Å². The van der Waals surface area contributed by atoms with E-state index in [0.717, 1.165) is 11.3 Å². The first-order valence-electron chi connectivity index (χ1n) is 9.47. The Hall–Kier alpha value is -2.67. The molecule has 158 valence electrons. The van der Waals surface area contributed by atoms with Crippen LogP contribution in [0.4, 0.5) is 11.4 Å². The first-order chi connectivity index (χ1) is 15.0. The zero-order chi connectivity index (χ0) is 21.8. The van der Waals surface area contributed by atoms with E-state index in [0.29, 0.717) is 27.2 Å². The SMILES string of the molecule is O=C(COc1ccc(Cl)cc1[C@@H]1SCC(=O)N1c1ccc(Cl)cc1)Nc1ccccc1. The van der Waals surface area contributed by atoms with Gasteiger partial charge in [0.05, 0.1) is 5.75 Å². The molecule has 1 atom stereocenters. The molecule has 31 heavy (non-hydrogen) atoms. The summed E-state index contributed by atoms with van der Waals surface area (Å²) in [4.78, 5) is 26.7. The van der Waals surface area contributed by atoms with E-state index in [1.54, 1.807) is 59.5 Å². The number of hydrogen-bond donors (Lipinski definition) is 1. The van der Waals surface area contributed by atoms with Crippen LogP contribution in [-0.2, 0) is 9.59 Å². The highest BCUT2D eigenvalue weighted by molar-refractivity contribution is 8.00. The van der Waals surface area contributed by atoms with Gasteiger partial charge in [0.15, 0.2) is 6.61 Å². The van der Waals surface area contributed by atoms with Crippen LogP contribution >= 0.6 is 35.0 Å². The molecule has 1 aliphatic heterocycles. The van der Waals surface area contributed by atoms with E-state index in [4.69, 9.17) is 27.9 Å². The number of rotatable bonds is 6. The van der Waals surface area contributed by atoms with Gasteiger partial charge in [0, 0.05) is 27.0 Å². The van der Waals surface area contributed by atoms with Crippen molar-refractivity contribution >= 4 is 58.2 Å². The lowest BCUT2D eigenvalue weighted by molar-refractivity contribution is -0.118. The molecule has 1 fully saturated rings. The van der Waals surface area contributed by atoms with Crippen LogP contribution in [0.3, 0.4) is 0 Å². The Morgan fingerprint density at radius 3 is 2.48 bits per heavy atom. The van der Waals surface area contributed by atoms with E-state index in [-0.39, 0.29) is 23.8 Å². The van der Waals surface area contributed by atoms with Gasteiger partial charge in [-0.1, -0.05) is 41.4 Å². The van der Waals surface area contributed by atoms with Crippen molar-refractivity contribution in [1.82, 2.24) is 0 Å². The van der Waals surface area contributed by atoms with Crippen molar-refractivity contribution in [1.29, 1.82) is 0 Å². The maximum atomic E-state index is 12.6. The van der Waals surface area contributed by atoms with Crippen molar-refractivity contribution in [3.05, 3.63) is 88.4 Å². The van der Waals surface area contributed by atoms with E-state index in [9.17, 15) is 9.59 Å². The number of thioether (sulfide) groups is 1. The smallest absolute Gasteiger partial charge is 0.262 e. The average Bonchev–Trinajstić information content (AvgIpc) is 3.15. The number of nitrogens with zero attached hydrogens (tertiary/aromatic N) is 1. The second-order valence-electron chi connectivity index (χ2n) is 6.79. The second-order valence-corrected chi connectivity index (χ2v) is 8.73. The molecule has 0 aromatic heterocycles. The summed E-state index contributed by atoms with van der Waals surface area (Å²) < 4.78 is 5.83. The van der Waals surface area contributed by atoms with Crippen molar-refractivity contribution in [3.63, 3.8) is 0 Å². The van der Waals surface area contributed by atoms with Gasteiger partial charge in [-0.05, 0) is 54.6 Å². The van der Waals surface area contributed by atoms with Crippen LogP contribution in [0.5, 0.6) is 5.75 Å². The highest BCUT2D eigenvalue weighted by Gasteiger charge is 2.36. The Kier molecular flexibility index (Phi) is 6.70. The molecular formula is C23H18Cl2N2O3S. The predicted octanol–water partition coefficient (Wildman–Crippen LogP) is 5.79. The van der Waals surface area contributed by atoms with E-state index in [1.165, 1.54) is 11.8 Å². The molecule has 3 aromatic rings. The summed E-state index contributed by atoms with van der Waals surface area (Å²) in [5.74, 6) is 0.522. The lowest BCUT2D eigenvalue weighted by Gasteiger charge is -2.26. The summed E-state index contributed by atoms with van der Waals surface area (Å²) in [6, 6.07) is 21.4. The summed E-state index contributed by atoms with van der Waals surface area (Å²) in [6.07, 6.45) is 0.